The zero-order valence-corrected chi connectivity index (χ0v) is 9.35. The number of para-hydroxylation sites is 1. The third-order valence-corrected chi connectivity index (χ3v) is 2.49. The topological polar surface area (TPSA) is 60.9 Å². The second kappa shape index (κ2) is 4.29. The van der Waals surface area contributed by atoms with E-state index < -0.39 is 0 Å². The Bertz CT molecular complexity index is 657. The lowest BCUT2D eigenvalue weighted by molar-refractivity contribution is 0.100. The van der Waals surface area contributed by atoms with Crippen molar-refractivity contribution in [1.82, 2.24) is 15.0 Å². The molecule has 0 aliphatic rings. The van der Waals surface area contributed by atoms with Crippen molar-refractivity contribution in [2.45, 2.75) is 0 Å². The molecule has 0 saturated carbocycles. The van der Waals surface area contributed by atoms with Gasteiger partial charge < -0.3 is 4.42 Å². The molecule has 0 fully saturated rings. The van der Waals surface area contributed by atoms with Gasteiger partial charge in [-0.05, 0) is 24.3 Å². The summed E-state index contributed by atoms with van der Waals surface area (Å²) in [5, 5.41) is 7.77. The van der Waals surface area contributed by atoms with E-state index in [2.05, 4.69) is 10.3 Å². The molecule has 88 valence electrons. The van der Waals surface area contributed by atoms with Crippen LogP contribution in [0.4, 0.5) is 0 Å². The van der Waals surface area contributed by atoms with Crippen molar-refractivity contribution in [3.05, 3.63) is 66.4 Å². The average molecular weight is 239 g/mol. The Labute approximate surface area is 103 Å². The molecule has 0 atom stereocenters. The van der Waals surface area contributed by atoms with Crippen molar-refractivity contribution >= 4 is 5.78 Å². The maximum atomic E-state index is 11.9. The molecule has 0 saturated heterocycles. The number of rotatable bonds is 3. The van der Waals surface area contributed by atoms with E-state index in [-0.39, 0.29) is 17.2 Å². The molecule has 0 spiro atoms. The fraction of sp³-hybridized carbons (Fsp3) is 0. The zero-order valence-electron chi connectivity index (χ0n) is 9.35. The normalized spacial score (nSPS) is 10.4. The fourth-order valence-corrected chi connectivity index (χ4v) is 1.61. The minimum atomic E-state index is -0.276. The van der Waals surface area contributed by atoms with Crippen LogP contribution in [0.3, 0.4) is 0 Å². The summed E-state index contributed by atoms with van der Waals surface area (Å²) in [6.07, 6.45) is 3.04. The third-order valence-electron chi connectivity index (χ3n) is 2.49. The van der Waals surface area contributed by atoms with E-state index in [1.54, 1.807) is 23.0 Å². The SMILES string of the molecule is O=C(c1cn(-c2ccccc2)nn1)c1ccco1. The van der Waals surface area contributed by atoms with Crippen molar-refractivity contribution in [2.24, 2.45) is 0 Å². The van der Waals surface area contributed by atoms with Gasteiger partial charge in [-0.15, -0.1) is 5.10 Å². The summed E-state index contributed by atoms with van der Waals surface area (Å²) in [5.41, 5.74) is 1.11. The van der Waals surface area contributed by atoms with E-state index in [1.165, 1.54) is 6.26 Å². The van der Waals surface area contributed by atoms with E-state index in [0.717, 1.165) is 5.69 Å². The Morgan fingerprint density at radius 1 is 1.11 bits per heavy atom. The molecule has 3 aromatic rings. The number of hydrogen-bond donors (Lipinski definition) is 0. The van der Waals surface area contributed by atoms with Crippen molar-refractivity contribution in [3.8, 4) is 5.69 Å². The summed E-state index contributed by atoms with van der Waals surface area (Å²) in [5.74, 6) is -0.0164. The molecule has 18 heavy (non-hydrogen) atoms. The predicted octanol–water partition coefficient (Wildman–Crippen LogP) is 2.09. The minimum Gasteiger partial charge on any atom is -0.461 e. The summed E-state index contributed by atoms with van der Waals surface area (Å²) in [4.78, 5) is 11.9. The second-order valence-electron chi connectivity index (χ2n) is 3.69. The zero-order chi connectivity index (χ0) is 12.4. The summed E-state index contributed by atoms with van der Waals surface area (Å²) in [6, 6.07) is 12.7. The molecular weight excluding hydrogens is 230 g/mol. The molecule has 2 aromatic heterocycles. The first kappa shape index (κ1) is 10.5. The molecule has 1 aromatic carbocycles. The standard InChI is InChI=1S/C13H9N3O2/c17-13(12-7-4-8-18-12)11-9-16(15-14-11)10-5-2-1-3-6-10/h1-9H. The Balaban J connectivity index is 1.93. The minimum absolute atomic E-state index is 0.258. The van der Waals surface area contributed by atoms with Gasteiger partial charge in [-0.25, -0.2) is 4.68 Å². The van der Waals surface area contributed by atoms with Gasteiger partial charge in [0.1, 0.15) is 0 Å². The number of nitrogens with zero attached hydrogens (tertiary/aromatic N) is 3. The molecule has 2 heterocycles. The first-order valence-corrected chi connectivity index (χ1v) is 5.40. The largest absolute Gasteiger partial charge is 0.461 e. The van der Waals surface area contributed by atoms with Crippen LogP contribution in [0.1, 0.15) is 16.2 Å². The maximum Gasteiger partial charge on any atom is 0.250 e. The molecule has 0 bridgehead atoms. The summed E-state index contributed by atoms with van der Waals surface area (Å²) in [7, 11) is 0. The quantitative estimate of drug-likeness (QED) is 0.656. The molecule has 0 N–H and O–H groups in total. The van der Waals surface area contributed by atoms with Crippen LogP contribution >= 0.6 is 0 Å². The summed E-state index contributed by atoms with van der Waals surface area (Å²) < 4.78 is 6.59. The van der Waals surface area contributed by atoms with Gasteiger partial charge in [-0.2, -0.15) is 0 Å². The van der Waals surface area contributed by atoms with Gasteiger partial charge in [0.15, 0.2) is 11.5 Å². The lowest BCUT2D eigenvalue weighted by Gasteiger charge is -1.96. The number of ketones is 1. The highest BCUT2D eigenvalue weighted by molar-refractivity contribution is 6.05. The number of hydrogen-bond acceptors (Lipinski definition) is 4. The van der Waals surface area contributed by atoms with Crippen LogP contribution in [-0.4, -0.2) is 20.8 Å². The third kappa shape index (κ3) is 1.82. The van der Waals surface area contributed by atoms with Crippen molar-refractivity contribution in [3.63, 3.8) is 0 Å². The highest BCUT2D eigenvalue weighted by Crippen LogP contribution is 2.10. The maximum absolute atomic E-state index is 11.9. The molecule has 0 radical (unpaired) electrons. The Kier molecular flexibility index (Phi) is 2.49. The van der Waals surface area contributed by atoms with Gasteiger partial charge in [0, 0.05) is 0 Å². The first-order chi connectivity index (χ1) is 8.84. The van der Waals surface area contributed by atoms with E-state index in [9.17, 15) is 4.79 Å². The van der Waals surface area contributed by atoms with E-state index in [1.807, 2.05) is 30.3 Å². The first-order valence-electron chi connectivity index (χ1n) is 5.40. The number of benzene rings is 1. The molecule has 3 rings (SSSR count). The Hall–Kier alpha value is -2.69. The van der Waals surface area contributed by atoms with Gasteiger partial charge in [-0.3, -0.25) is 4.79 Å². The number of furan rings is 1. The van der Waals surface area contributed by atoms with Crippen molar-refractivity contribution in [1.29, 1.82) is 0 Å². The molecule has 0 aliphatic heterocycles. The lowest BCUT2D eigenvalue weighted by atomic mass is 10.2. The highest BCUT2D eigenvalue weighted by atomic mass is 16.3. The molecule has 5 heteroatoms. The fourth-order valence-electron chi connectivity index (χ4n) is 1.61. The van der Waals surface area contributed by atoms with Crippen LogP contribution in [-0.2, 0) is 0 Å². The lowest BCUT2D eigenvalue weighted by Crippen LogP contribution is -1.99. The smallest absolute Gasteiger partial charge is 0.250 e. The molecule has 0 amide bonds. The monoisotopic (exact) mass is 239 g/mol. The molecule has 0 unspecified atom stereocenters. The van der Waals surface area contributed by atoms with E-state index in [4.69, 9.17) is 4.42 Å². The van der Waals surface area contributed by atoms with Gasteiger partial charge >= 0.3 is 0 Å². The summed E-state index contributed by atoms with van der Waals surface area (Å²) >= 11 is 0. The van der Waals surface area contributed by atoms with Crippen LogP contribution in [0.2, 0.25) is 0 Å². The Morgan fingerprint density at radius 2 is 1.94 bits per heavy atom. The summed E-state index contributed by atoms with van der Waals surface area (Å²) in [6.45, 7) is 0. The molecular formula is C13H9N3O2. The highest BCUT2D eigenvalue weighted by Gasteiger charge is 2.16. The van der Waals surface area contributed by atoms with Crippen LogP contribution < -0.4 is 0 Å². The van der Waals surface area contributed by atoms with Crippen molar-refractivity contribution < 1.29 is 9.21 Å². The number of carbonyl (C=O) groups is 1. The second-order valence-corrected chi connectivity index (χ2v) is 3.69. The van der Waals surface area contributed by atoms with Crippen LogP contribution in [0.15, 0.2) is 59.3 Å². The number of carbonyl (C=O) groups excluding carboxylic acids is 1. The molecule has 0 aliphatic carbocycles. The number of aromatic nitrogens is 3. The molecule has 5 nitrogen and oxygen atoms in total. The van der Waals surface area contributed by atoms with Crippen LogP contribution in [0, 0.1) is 0 Å². The van der Waals surface area contributed by atoms with Crippen molar-refractivity contribution in [2.75, 3.05) is 0 Å². The van der Waals surface area contributed by atoms with Crippen LogP contribution in [0.5, 0.6) is 0 Å². The van der Waals surface area contributed by atoms with E-state index >= 15 is 0 Å². The van der Waals surface area contributed by atoms with E-state index in [0.29, 0.717) is 0 Å². The van der Waals surface area contributed by atoms with Gasteiger partial charge in [-0.1, -0.05) is 23.4 Å². The average Bonchev–Trinajstić information content (AvgIpc) is 3.10. The van der Waals surface area contributed by atoms with Crippen LogP contribution in [0.25, 0.3) is 5.69 Å². The Morgan fingerprint density at radius 3 is 2.67 bits per heavy atom. The van der Waals surface area contributed by atoms with Gasteiger partial charge in [0.05, 0.1) is 18.1 Å². The van der Waals surface area contributed by atoms with Gasteiger partial charge in [0.2, 0.25) is 5.78 Å². The van der Waals surface area contributed by atoms with Gasteiger partial charge in [0.25, 0.3) is 0 Å². The predicted molar refractivity (Wildman–Crippen MR) is 63.5 cm³/mol.